The molecule has 7 aromatic carbocycles. The minimum Gasteiger partial charge on any atom is -0.464 e. The number of nitrogens with zero attached hydrogens (tertiary/aromatic N) is 2. The number of anilines is 6. The molecule has 6 nitrogen and oxygen atoms in total. The molecule has 0 spiro atoms. The van der Waals surface area contributed by atoms with Gasteiger partial charge in [0, 0.05) is 66.3 Å². The van der Waals surface area contributed by atoms with Crippen LogP contribution in [0.3, 0.4) is 0 Å². The zero-order valence-electron chi connectivity index (χ0n) is 38.1. The molecule has 0 unspecified atom stereocenters. The van der Waals surface area contributed by atoms with E-state index in [1.165, 1.54) is 16.6 Å². The van der Waals surface area contributed by atoms with Gasteiger partial charge in [-0.25, -0.2) is 0 Å². The molecule has 0 amide bonds. The lowest BCUT2D eigenvalue weighted by Crippen LogP contribution is -2.60. The van der Waals surface area contributed by atoms with Gasteiger partial charge in [-0.15, -0.1) is 0 Å². The second-order valence-electron chi connectivity index (χ2n) is 20.3. The Bertz CT molecular complexity index is 3510. The fourth-order valence-corrected chi connectivity index (χ4v) is 10.6. The third kappa shape index (κ3) is 5.68. The van der Waals surface area contributed by atoms with Crippen LogP contribution in [0.2, 0.25) is 0 Å². The van der Waals surface area contributed by atoms with Crippen LogP contribution in [0.25, 0.3) is 66.1 Å². The van der Waals surface area contributed by atoms with Gasteiger partial charge in [0.05, 0.1) is 12.5 Å². The van der Waals surface area contributed by atoms with Gasteiger partial charge in [-0.05, 0) is 124 Å². The molecule has 11 aromatic rings. The SMILES string of the molecule is Cc1cc2c3c(c1)N(c1ccc(-c4coc5ccccc45)cc1)c1oc4ccc(C(C)(C)C)cc4c1B3c1c(oc3ccc(C(C)(C)C)cc13)N2c1ccc(-c2coc3ccccc23)cc1. The van der Waals surface area contributed by atoms with Crippen LogP contribution in [0, 0.1) is 6.92 Å². The Kier molecular flexibility index (Phi) is 8.05. The van der Waals surface area contributed by atoms with Crippen molar-refractivity contribution in [3.05, 3.63) is 175 Å². The fraction of sp³-hybridized carbons (Fsp3) is 0.153. The lowest BCUT2D eigenvalue weighted by molar-refractivity contribution is 0.589. The summed E-state index contributed by atoms with van der Waals surface area (Å²) >= 11 is 0. The standard InChI is InChI=1S/C59H47BN2O4/c1-34-28-47-55-48(29-34)62(40-24-18-36(19-25-40)46-33-64-50-15-11-9-13-42(46)50)57-54(44-31-38(59(5,6)7)21-27-52(44)66-57)60(55)53-43-30-37(58(2,3)4)20-26-51(43)65-56(53)61(47)39-22-16-35(17-23-39)45-32-63-49-14-10-8-12-41(45)49/h8-33H,1-7H3. The molecule has 2 aliphatic heterocycles. The van der Waals surface area contributed by atoms with E-state index in [9.17, 15) is 0 Å². The molecule has 0 bridgehead atoms. The van der Waals surface area contributed by atoms with Gasteiger partial charge in [0.2, 0.25) is 11.8 Å². The van der Waals surface area contributed by atoms with Crippen LogP contribution in [0.5, 0.6) is 0 Å². The van der Waals surface area contributed by atoms with Crippen molar-refractivity contribution in [2.45, 2.75) is 59.3 Å². The van der Waals surface area contributed by atoms with Gasteiger partial charge in [-0.2, -0.15) is 0 Å². The summed E-state index contributed by atoms with van der Waals surface area (Å²) < 4.78 is 26.4. The number of hydrogen-bond donors (Lipinski definition) is 0. The van der Waals surface area contributed by atoms with Gasteiger partial charge in [-0.3, -0.25) is 9.80 Å². The minimum atomic E-state index is -0.200. The van der Waals surface area contributed by atoms with Crippen LogP contribution in [-0.4, -0.2) is 6.71 Å². The molecule has 66 heavy (non-hydrogen) atoms. The Hall–Kier alpha value is -7.64. The Morgan fingerprint density at radius 1 is 0.424 bits per heavy atom. The smallest absolute Gasteiger partial charge is 0.262 e. The van der Waals surface area contributed by atoms with Crippen molar-refractivity contribution in [2.24, 2.45) is 0 Å². The van der Waals surface area contributed by atoms with Gasteiger partial charge in [-0.1, -0.05) is 114 Å². The van der Waals surface area contributed by atoms with Crippen molar-refractivity contribution in [3.63, 3.8) is 0 Å². The van der Waals surface area contributed by atoms with Crippen molar-refractivity contribution in [3.8, 4) is 22.3 Å². The maximum atomic E-state index is 7.21. The van der Waals surface area contributed by atoms with Gasteiger partial charge >= 0.3 is 0 Å². The Labute approximate surface area is 383 Å². The van der Waals surface area contributed by atoms with Crippen LogP contribution in [0.4, 0.5) is 34.5 Å². The van der Waals surface area contributed by atoms with Crippen molar-refractivity contribution in [2.75, 3.05) is 9.80 Å². The summed E-state index contributed by atoms with van der Waals surface area (Å²) in [7, 11) is 0. The molecule has 0 saturated carbocycles. The van der Waals surface area contributed by atoms with Crippen molar-refractivity contribution in [1.29, 1.82) is 0 Å². The van der Waals surface area contributed by atoms with Crippen molar-refractivity contribution in [1.82, 2.24) is 0 Å². The lowest BCUT2D eigenvalue weighted by atomic mass is 9.33. The highest BCUT2D eigenvalue weighted by molar-refractivity contribution is 7.02. The van der Waals surface area contributed by atoms with Gasteiger partial charge in [0.15, 0.2) is 0 Å². The topological polar surface area (TPSA) is 59.0 Å². The summed E-state index contributed by atoms with van der Waals surface area (Å²) in [6.45, 7) is 15.7. The number of rotatable bonds is 4. The molecule has 4 aromatic heterocycles. The van der Waals surface area contributed by atoms with E-state index in [4.69, 9.17) is 17.7 Å². The average Bonchev–Trinajstić information content (AvgIpc) is 4.11. The first kappa shape index (κ1) is 38.8. The van der Waals surface area contributed by atoms with Crippen LogP contribution >= 0.6 is 0 Å². The maximum absolute atomic E-state index is 7.21. The zero-order chi connectivity index (χ0) is 44.8. The predicted octanol–water partition coefficient (Wildman–Crippen LogP) is 15.0. The molecule has 0 atom stereocenters. The van der Waals surface area contributed by atoms with Crippen LogP contribution in [0.15, 0.2) is 176 Å². The first-order chi connectivity index (χ1) is 31.9. The molecule has 320 valence electrons. The van der Waals surface area contributed by atoms with E-state index in [0.717, 1.165) is 117 Å². The first-order valence-electron chi connectivity index (χ1n) is 22.9. The molecular formula is C59H47BN2O4. The zero-order valence-corrected chi connectivity index (χ0v) is 38.1. The average molecular weight is 859 g/mol. The van der Waals surface area contributed by atoms with Crippen molar-refractivity contribution >= 4 is 101 Å². The maximum Gasteiger partial charge on any atom is 0.262 e. The summed E-state index contributed by atoms with van der Waals surface area (Å²) in [5, 5.41) is 4.42. The number of hydrogen-bond acceptors (Lipinski definition) is 6. The Balaban J connectivity index is 1.08. The number of benzene rings is 7. The number of fused-ring (bicyclic) bond motifs is 10. The molecule has 0 radical (unpaired) electrons. The van der Waals surface area contributed by atoms with Gasteiger partial charge in [0.1, 0.15) is 22.3 Å². The fourth-order valence-electron chi connectivity index (χ4n) is 10.6. The van der Waals surface area contributed by atoms with Crippen LogP contribution in [-0.2, 0) is 10.8 Å². The minimum absolute atomic E-state index is 0.0760. The summed E-state index contributed by atoms with van der Waals surface area (Å²) in [5.74, 6) is 1.65. The molecule has 13 rings (SSSR count). The van der Waals surface area contributed by atoms with E-state index in [1.807, 2.05) is 36.8 Å². The summed E-state index contributed by atoms with van der Waals surface area (Å²) in [6, 6.07) is 52.3. The highest BCUT2D eigenvalue weighted by Gasteiger charge is 2.49. The predicted molar refractivity (Wildman–Crippen MR) is 273 cm³/mol. The summed E-state index contributed by atoms with van der Waals surface area (Å²) in [6.07, 6.45) is 3.73. The normalized spacial score (nSPS) is 13.6. The van der Waals surface area contributed by atoms with Gasteiger partial charge < -0.3 is 17.7 Å². The quantitative estimate of drug-likeness (QED) is 0.164. The number of para-hydroxylation sites is 2. The molecular weight excluding hydrogens is 811 g/mol. The highest BCUT2D eigenvalue weighted by atomic mass is 16.4. The van der Waals surface area contributed by atoms with Crippen molar-refractivity contribution < 1.29 is 17.7 Å². The van der Waals surface area contributed by atoms with E-state index in [-0.39, 0.29) is 17.5 Å². The van der Waals surface area contributed by atoms with Gasteiger partial charge in [0.25, 0.3) is 6.71 Å². The molecule has 0 fully saturated rings. The molecule has 0 N–H and O–H groups in total. The van der Waals surface area contributed by atoms with E-state index in [2.05, 4.69) is 180 Å². The number of furan rings is 4. The summed E-state index contributed by atoms with van der Waals surface area (Å²) in [4.78, 5) is 4.70. The van der Waals surface area contributed by atoms with E-state index in [0.29, 0.717) is 0 Å². The third-order valence-electron chi connectivity index (χ3n) is 14.0. The lowest BCUT2D eigenvalue weighted by Gasteiger charge is -2.40. The molecule has 2 aliphatic rings. The molecule has 0 saturated heterocycles. The molecule has 7 heteroatoms. The van der Waals surface area contributed by atoms with Crippen LogP contribution < -0.4 is 26.2 Å². The molecule has 6 heterocycles. The van der Waals surface area contributed by atoms with Crippen LogP contribution in [0.1, 0.15) is 58.2 Å². The Morgan fingerprint density at radius 3 is 1.27 bits per heavy atom. The third-order valence-corrected chi connectivity index (χ3v) is 14.0. The Morgan fingerprint density at radius 2 is 0.848 bits per heavy atom. The monoisotopic (exact) mass is 858 g/mol. The highest BCUT2D eigenvalue weighted by Crippen LogP contribution is 2.49. The van der Waals surface area contributed by atoms with E-state index >= 15 is 0 Å². The molecule has 0 aliphatic carbocycles. The largest absolute Gasteiger partial charge is 0.464 e. The second kappa shape index (κ2) is 13.7. The van der Waals surface area contributed by atoms with E-state index < -0.39 is 0 Å². The first-order valence-corrected chi connectivity index (χ1v) is 22.9. The number of aryl methyl sites for hydroxylation is 1. The van der Waals surface area contributed by atoms with E-state index in [1.54, 1.807) is 0 Å². The second-order valence-corrected chi connectivity index (χ2v) is 20.3. The summed E-state index contributed by atoms with van der Waals surface area (Å²) in [5.41, 5.74) is 19.0.